The fourth-order valence-corrected chi connectivity index (χ4v) is 5.01. The van der Waals surface area contributed by atoms with Crippen LogP contribution in [0.4, 0.5) is 0 Å². The van der Waals surface area contributed by atoms with Crippen LogP contribution in [0.3, 0.4) is 0 Å². The molecule has 4 rings (SSSR count). The van der Waals surface area contributed by atoms with Gasteiger partial charge >= 0.3 is 0 Å². The lowest BCUT2D eigenvalue weighted by molar-refractivity contribution is -0.126. The summed E-state index contributed by atoms with van der Waals surface area (Å²) < 4.78 is 1.19. The molecule has 1 aliphatic heterocycles. The van der Waals surface area contributed by atoms with Gasteiger partial charge in [0.2, 0.25) is 5.91 Å². The van der Waals surface area contributed by atoms with Crippen molar-refractivity contribution in [2.75, 3.05) is 6.54 Å². The lowest BCUT2D eigenvalue weighted by Gasteiger charge is -2.21. The van der Waals surface area contributed by atoms with Gasteiger partial charge in [0.05, 0.1) is 16.3 Å². The van der Waals surface area contributed by atoms with Gasteiger partial charge in [0.1, 0.15) is 5.01 Å². The molecule has 122 valence electrons. The normalized spacial score (nSPS) is 18.0. The second-order valence-electron chi connectivity index (χ2n) is 5.99. The molecule has 3 nitrogen and oxygen atoms in total. The number of aromatic nitrogens is 1. The lowest BCUT2D eigenvalue weighted by Crippen LogP contribution is -2.28. The van der Waals surface area contributed by atoms with Crippen LogP contribution < -0.4 is 0 Å². The van der Waals surface area contributed by atoms with E-state index >= 15 is 0 Å². The molecule has 1 aliphatic rings. The number of fused-ring (bicyclic) bond motifs is 1. The quantitative estimate of drug-likeness (QED) is 0.617. The highest BCUT2D eigenvalue weighted by Crippen LogP contribution is 2.36. The summed E-state index contributed by atoms with van der Waals surface area (Å²) in [6.45, 7) is 2.89. The third-order valence-corrected chi connectivity index (χ3v) is 6.39. The first-order valence-electron chi connectivity index (χ1n) is 8.11. The number of para-hydroxylation sites is 1. The Bertz CT molecular complexity index is 876. The van der Waals surface area contributed by atoms with Crippen molar-refractivity contribution in [2.24, 2.45) is 0 Å². The number of aryl methyl sites for hydroxylation is 1. The molecule has 0 spiro atoms. The van der Waals surface area contributed by atoms with Gasteiger partial charge in [0.25, 0.3) is 0 Å². The third kappa shape index (κ3) is 3.01. The summed E-state index contributed by atoms with van der Waals surface area (Å²) >= 11 is 3.41. The Hall–Kier alpha value is -1.98. The largest absolute Gasteiger partial charge is 0.330 e. The van der Waals surface area contributed by atoms with Crippen LogP contribution in [0.2, 0.25) is 0 Å². The minimum absolute atomic E-state index is 0.0859. The summed E-state index contributed by atoms with van der Waals surface area (Å²) in [5.74, 6) is 0.0859. The van der Waals surface area contributed by atoms with Crippen molar-refractivity contribution in [2.45, 2.75) is 25.8 Å². The van der Waals surface area contributed by atoms with E-state index in [1.165, 1.54) is 9.58 Å². The standard InChI is InChI=1S/C19H18N2OS2/c1-13-8-9-14(23-13)10-11-18(22)21-12-4-6-16(21)19-20-15-5-2-3-7-17(15)24-19/h2-3,5,7-11,16H,4,6,12H2,1H3/b11-10+/t16-/m1/s1. The molecule has 0 unspecified atom stereocenters. The van der Waals surface area contributed by atoms with Gasteiger partial charge in [-0.2, -0.15) is 0 Å². The molecule has 1 aromatic carbocycles. The van der Waals surface area contributed by atoms with Crippen molar-refractivity contribution in [3.05, 3.63) is 57.2 Å². The molecule has 3 heterocycles. The number of thiophene rings is 1. The minimum atomic E-state index is 0.0859. The summed E-state index contributed by atoms with van der Waals surface area (Å²) in [5, 5.41) is 1.06. The van der Waals surface area contributed by atoms with E-state index < -0.39 is 0 Å². The van der Waals surface area contributed by atoms with E-state index in [-0.39, 0.29) is 11.9 Å². The van der Waals surface area contributed by atoms with Gasteiger partial charge in [0, 0.05) is 22.4 Å². The van der Waals surface area contributed by atoms with Gasteiger partial charge in [-0.3, -0.25) is 4.79 Å². The number of carbonyl (C=O) groups is 1. The molecular formula is C19H18N2OS2. The number of likely N-dealkylation sites (tertiary alicyclic amines) is 1. The van der Waals surface area contributed by atoms with Crippen molar-refractivity contribution in [1.29, 1.82) is 0 Å². The second-order valence-corrected chi connectivity index (χ2v) is 8.37. The van der Waals surface area contributed by atoms with E-state index in [1.54, 1.807) is 28.7 Å². The average Bonchev–Trinajstić information content (AvgIpc) is 3.30. The number of thiazole rings is 1. The summed E-state index contributed by atoms with van der Waals surface area (Å²) in [5.41, 5.74) is 1.03. The molecule has 0 N–H and O–H groups in total. The SMILES string of the molecule is Cc1ccc(/C=C/C(=O)N2CCC[C@@H]2c2nc3ccccc3s2)s1. The molecule has 24 heavy (non-hydrogen) atoms. The predicted molar refractivity (Wildman–Crippen MR) is 101 cm³/mol. The van der Waals surface area contributed by atoms with Crippen LogP contribution in [0, 0.1) is 6.92 Å². The van der Waals surface area contributed by atoms with E-state index in [0.29, 0.717) is 0 Å². The topological polar surface area (TPSA) is 33.2 Å². The van der Waals surface area contributed by atoms with Crippen molar-refractivity contribution in [3.63, 3.8) is 0 Å². The summed E-state index contributed by atoms with van der Waals surface area (Å²) in [6, 6.07) is 12.4. The first-order valence-corrected chi connectivity index (χ1v) is 9.74. The highest BCUT2D eigenvalue weighted by molar-refractivity contribution is 7.18. The first kappa shape index (κ1) is 15.5. The van der Waals surface area contributed by atoms with Gasteiger partial charge < -0.3 is 4.90 Å². The Morgan fingerprint density at radius 2 is 2.12 bits per heavy atom. The number of amides is 1. The molecule has 5 heteroatoms. The van der Waals surface area contributed by atoms with Crippen LogP contribution >= 0.6 is 22.7 Å². The molecule has 1 amide bonds. The van der Waals surface area contributed by atoms with E-state index in [9.17, 15) is 4.79 Å². The van der Waals surface area contributed by atoms with Gasteiger partial charge in [-0.05, 0) is 50.1 Å². The Balaban J connectivity index is 1.55. The van der Waals surface area contributed by atoms with E-state index in [2.05, 4.69) is 25.1 Å². The van der Waals surface area contributed by atoms with Crippen molar-refractivity contribution in [1.82, 2.24) is 9.88 Å². The molecular weight excluding hydrogens is 336 g/mol. The molecule has 0 bridgehead atoms. The third-order valence-electron chi connectivity index (χ3n) is 4.28. The number of benzene rings is 1. The molecule has 0 radical (unpaired) electrons. The number of hydrogen-bond acceptors (Lipinski definition) is 4. The fraction of sp³-hybridized carbons (Fsp3) is 0.263. The van der Waals surface area contributed by atoms with E-state index in [1.807, 2.05) is 29.2 Å². The average molecular weight is 354 g/mol. The van der Waals surface area contributed by atoms with E-state index in [0.717, 1.165) is 34.8 Å². The second kappa shape index (κ2) is 6.49. The van der Waals surface area contributed by atoms with Gasteiger partial charge in [0.15, 0.2) is 0 Å². The predicted octanol–water partition coefficient (Wildman–Crippen LogP) is 5.04. The first-order chi connectivity index (χ1) is 11.7. The lowest BCUT2D eigenvalue weighted by atomic mass is 10.2. The molecule has 2 aromatic heterocycles. The van der Waals surface area contributed by atoms with Gasteiger partial charge in [-0.25, -0.2) is 4.98 Å². The zero-order valence-corrected chi connectivity index (χ0v) is 15.1. The summed E-state index contributed by atoms with van der Waals surface area (Å²) in [4.78, 5) is 21.7. The number of nitrogens with zero attached hydrogens (tertiary/aromatic N) is 2. The van der Waals surface area contributed by atoms with E-state index in [4.69, 9.17) is 4.98 Å². The molecule has 0 aliphatic carbocycles. The Kier molecular flexibility index (Phi) is 4.21. The Morgan fingerprint density at radius 1 is 1.25 bits per heavy atom. The van der Waals surface area contributed by atoms with Crippen LogP contribution in [0.15, 0.2) is 42.5 Å². The Morgan fingerprint density at radius 3 is 2.92 bits per heavy atom. The number of rotatable bonds is 3. The maximum Gasteiger partial charge on any atom is 0.247 e. The maximum absolute atomic E-state index is 12.6. The molecule has 1 fully saturated rings. The summed E-state index contributed by atoms with van der Waals surface area (Å²) in [6.07, 6.45) is 5.67. The fourth-order valence-electron chi connectivity index (χ4n) is 3.11. The van der Waals surface area contributed by atoms with Crippen molar-refractivity contribution >= 4 is 44.9 Å². The van der Waals surface area contributed by atoms with Crippen LogP contribution in [0.25, 0.3) is 16.3 Å². The minimum Gasteiger partial charge on any atom is -0.330 e. The van der Waals surface area contributed by atoms with Crippen molar-refractivity contribution in [3.8, 4) is 0 Å². The van der Waals surface area contributed by atoms with Crippen LogP contribution in [-0.4, -0.2) is 22.3 Å². The molecule has 3 aromatic rings. The molecule has 1 saturated heterocycles. The number of hydrogen-bond donors (Lipinski definition) is 0. The van der Waals surface area contributed by atoms with Crippen LogP contribution in [0.1, 0.15) is 33.6 Å². The highest BCUT2D eigenvalue weighted by atomic mass is 32.1. The Labute approximate surface area is 149 Å². The molecule has 1 atom stereocenters. The smallest absolute Gasteiger partial charge is 0.247 e. The highest BCUT2D eigenvalue weighted by Gasteiger charge is 2.31. The van der Waals surface area contributed by atoms with Crippen LogP contribution in [-0.2, 0) is 4.79 Å². The zero-order valence-electron chi connectivity index (χ0n) is 13.4. The summed E-state index contributed by atoms with van der Waals surface area (Å²) in [7, 11) is 0. The van der Waals surface area contributed by atoms with Crippen molar-refractivity contribution < 1.29 is 4.79 Å². The van der Waals surface area contributed by atoms with Gasteiger partial charge in [-0.15, -0.1) is 22.7 Å². The number of carbonyl (C=O) groups excluding carboxylic acids is 1. The zero-order chi connectivity index (χ0) is 16.5. The van der Waals surface area contributed by atoms with Gasteiger partial charge in [-0.1, -0.05) is 12.1 Å². The van der Waals surface area contributed by atoms with Crippen LogP contribution in [0.5, 0.6) is 0 Å². The monoisotopic (exact) mass is 354 g/mol. The maximum atomic E-state index is 12.6. The molecule has 0 saturated carbocycles.